The van der Waals surface area contributed by atoms with Crippen LogP contribution < -0.4 is 14.2 Å². The Morgan fingerprint density at radius 2 is 1.21 bits per heavy atom. The second kappa shape index (κ2) is 16.4. The molecule has 0 spiro atoms. The van der Waals surface area contributed by atoms with Crippen LogP contribution in [0.3, 0.4) is 0 Å². The second-order valence-corrected chi connectivity index (χ2v) is 9.95. The summed E-state index contributed by atoms with van der Waals surface area (Å²) in [5.74, 6) is 3.49. The highest BCUT2D eigenvalue weighted by Crippen LogP contribution is 2.32. The van der Waals surface area contributed by atoms with Gasteiger partial charge in [0.25, 0.3) is 5.69 Å². The average Bonchev–Trinajstić information content (AvgIpc) is 2.96. The summed E-state index contributed by atoms with van der Waals surface area (Å²) in [5, 5.41) is 11.1. The predicted molar refractivity (Wildman–Crippen MR) is 157 cm³/mol. The zero-order valence-electron chi connectivity index (χ0n) is 23.6. The van der Waals surface area contributed by atoms with E-state index in [9.17, 15) is 10.1 Å². The van der Waals surface area contributed by atoms with Crippen LogP contribution in [0.4, 0.5) is 5.69 Å². The summed E-state index contributed by atoms with van der Waals surface area (Å²) in [7, 11) is 3.28. The SMILES string of the molecule is CCCCCCCCCCOc1ccc(C[C](Cc2ccc([N+](=O)[O-])cc2)c2cc(OC)cc(OC)c2)cc1. The minimum atomic E-state index is -0.375. The van der Waals surface area contributed by atoms with Gasteiger partial charge in [0.05, 0.1) is 25.7 Å². The molecule has 0 saturated carbocycles. The van der Waals surface area contributed by atoms with Crippen molar-refractivity contribution in [2.24, 2.45) is 0 Å². The Hall–Kier alpha value is -3.54. The van der Waals surface area contributed by atoms with Crippen LogP contribution in [0.1, 0.15) is 75.0 Å². The Morgan fingerprint density at radius 3 is 1.72 bits per heavy atom. The summed E-state index contributed by atoms with van der Waals surface area (Å²) >= 11 is 0. The van der Waals surface area contributed by atoms with Gasteiger partial charge in [-0.2, -0.15) is 0 Å². The van der Waals surface area contributed by atoms with E-state index in [1.165, 1.54) is 44.9 Å². The summed E-state index contributed by atoms with van der Waals surface area (Å²) < 4.78 is 17.0. The number of nitrogens with zero attached hydrogens (tertiary/aromatic N) is 1. The van der Waals surface area contributed by atoms with E-state index in [1.807, 2.05) is 42.5 Å². The summed E-state index contributed by atoms with van der Waals surface area (Å²) in [6.45, 7) is 3.00. The van der Waals surface area contributed by atoms with Gasteiger partial charge in [-0.05, 0) is 60.2 Å². The Kier molecular flexibility index (Phi) is 12.6. The molecule has 0 N–H and O–H groups in total. The lowest BCUT2D eigenvalue weighted by atomic mass is 9.86. The van der Waals surface area contributed by atoms with Gasteiger partial charge < -0.3 is 14.2 Å². The van der Waals surface area contributed by atoms with Crippen LogP contribution in [-0.2, 0) is 12.8 Å². The molecule has 0 aliphatic heterocycles. The molecule has 6 heteroatoms. The van der Waals surface area contributed by atoms with Gasteiger partial charge in [0.1, 0.15) is 17.2 Å². The molecule has 6 nitrogen and oxygen atoms in total. The molecule has 0 aliphatic rings. The van der Waals surface area contributed by atoms with E-state index in [2.05, 4.69) is 19.1 Å². The normalized spacial score (nSPS) is 11.0. The Bertz CT molecular complexity index is 1110. The Balaban J connectivity index is 1.63. The molecule has 0 amide bonds. The van der Waals surface area contributed by atoms with Crippen molar-refractivity contribution in [1.29, 1.82) is 0 Å². The number of unbranched alkanes of at least 4 members (excludes halogenated alkanes) is 7. The fourth-order valence-corrected chi connectivity index (χ4v) is 4.64. The fraction of sp³-hybridized carbons (Fsp3) is 0.424. The lowest BCUT2D eigenvalue weighted by Gasteiger charge is -2.19. The maximum absolute atomic E-state index is 11.1. The van der Waals surface area contributed by atoms with E-state index in [-0.39, 0.29) is 10.6 Å². The molecule has 0 bridgehead atoms. The number of hydrogen-bond acceptors (Lipinski definition) is 5. The minimum absolute atomic E-state index is 0.0888. The first-order valence-corrected chi connectivity index (χ1v) is 14.1. The first-order chi connectivity index (χ1) is 19.0. The topological polar surface area (TPSA) is 70.8 Å². The number of non-ortho nitro benzene ring substituents is 1. The minimum Gasteiger partial charge on any atom is -0.497 e. The highest BCUT2D eigenvalue weighted by atomic mass is 16.6. The molecule has 3 aromatic carbocycles. The van der Waals surface area contributed by atoms with Crippen LogP contribution in [0.2, 0.25) is 0 Å². The monoisotopic (exact) mass is 532 g/mol. The number of ether oxygens (including phenoxy) is 3. The lowest BCUT2D eigenvalue weighted by molar-refractivity contribution is -0.384. The molecule has 0 atom stereocenters. The van der Waals surface area contributed by atoms with Gasteiger partial charge in [0, 0.05) is 24.1 Å². The molecule has 209 valence electrons. The first-order valence-electron chi connectivity index (χ1n) is 14.1. The number of nitro groups is 1. The quantitative estimate of drug-likeness (QED) is 0.0932. The number of rotatable bonds is 18. The molecule has 0 fully saturated rings. The van der Waals surface area contributed by atoms with E-state index >= 15 is 0 Å². The van der Waals surface area contributed by atoms with Crippen molar-refractivity contribution in [2.75, 3.05) is 20.8 Å². The van der Waals surface area contributed by atoms with Gasteiger partial charge in [-0.1, -0.05) is 76.1 Å². The van der Waals surface area contributed by atoms with Crippen LogP contribution in [0.25, 0.3) is 0 Å². The number of hydrogen-bond donors (Lipinski definition) is 0. The van der Waals surface area contributed by atoms with Crippen LogP contribution >= 0.6 is 0 Å². The van der Waals surface area contributed by atoms with E-state index in [0.717, 1.165) is 52.9 Å². The third-order valence-electron chi connectivity index (χ3n) is 6.93. The molecule has 0 saturated heterocycles. The highest BCUT2D eigenvalue weighted by Gasteiger charge is 2.18. The largest absolute Gasteiger partial charge is 0.497 e. The summed E-state index contributed by atoms with van der Waals surface area (Å²) in [6.07, 6.45) is 11.6. The number of benzene rings is 3. The van der Waals surface area contributed by atoms with E-state index in [0.29, 0.717) is 12.8 Å². The number of methoxy groups -OCH3 is 2. The molecular formula is C33H42NO5. The van der Waals surface area contributed by atoms with Crippen LogP contribution in [-0.4, -0.2) is 25.7 Å². The Labute approximate surface area is 233 Å². The third kappa shape index (κ3) is 10.3. The average molecular weight is 533 g/mol. The van der Waals surface area contributed by atoms with Crippen molar-refractivity contribution in [3.8, 4) is 17.2 Å². The maximum atomic E-state index is 11.1. The van der Waals surface area contributed by atoms with Crippen molar-refractivity contribution >= 4 is 5.69 Å². The molecule has 39 heavy (non-hydrogen) atoms. The predicted octanol–water partition coefficient (Wildman–Crippen LogP) is 8.54. The van der Waals surface area contributed by atoms with Crippen LogP contribution in [0, 0.1) is 16.0 Å². The zero-order valence-corrected chi connectivity index (χ0v) is 23.6. The van der Waals surface area contributed by atoms with Gasteiger partial charge in [-0.15, -0.1) is 0 Å². The Morgan fingerprint density at radius 1 is 0.692 bits per heavy atom. The number of nitro benzene ring substituents is 1. The zero-order chi connectivity index (χ0) is 27.9. The summed E-state index contributed by atoms with van der Waals surface area (Å²) in [5.41, 5.74) is 3.27. The lowest BCUT2D eigenvalue weighted by Crippen LogP contribution is -2.09. The third-order valence-corrected chi connectivity index (χ3v) is 6.93. The van der Waals surface area contributed by atoms with Crippen LogP contribution in [0.15, 0.2) is 66.7 Å². The molecular weight excluding hydrogens is 490 g/mol. The first kappa shape index (κ1) is 30.0. The van der Waals surface area contributed by atoms with Crippen molar-refractivity contribution in [3.63, 3.8) is 0 Å². The van der Waals surface area contributed by atoms with Gasteiger partial charge in [-0.25, -0.2) is 0 Å². The van der Waals surface area contributed by atoms with Crippen molar-refractivity contribution < 1.29 is 19.1 Å². The van der Waals surface area contributed by atoms with Crippen molar-refractivity contribution in [2.45, 2.75) is 71.1 Å². The van der Waals surface area contributed by atoms with E-state index in [1.54, 1.807) is 26.4 Å². The van der Waals surface area contributed by atoms with E-state index in [4.69, 9.17) is 14.2 Å². The standard InChI is InChI=1S/C33H42NO5/c1-4-5-6-7-8-9-10-11-20-39-31-18-14-27(15-19-31)22-28(21-26-12-16-30(17-13-26)34(35)36)29-23-32(37-2)25-33(24-29)38-3/h12-19,23-25H,4-11,20-22H2,1-3H3. The van der Waals surface area contributed by atoms with Gasteiger partial charge in [-0.3, -0.25) is 10.1 Å². The molecule has 0 unspecified atom stereocenters. The molecule has 3 rings (SSSR count). The molecule has 1 radical (unpaired) electrons. The van der Waals surface area contributed by atoms with Crippen molar-refractivity contribution in [3.05, 3.63) is 99.5 Å². The molecule has 0 aliphatic carbocycles. The molecule has 0 heterocycles. The molecule has 3 aromatic rings. The smallest absolute Gasteiger partial charge is 0.269 e. The van der Waals surface area contributed by atoms with Gasteiger partial charge >= 0.3 is 0 Å². The molecule has 0 aromatic heterocycles. The maximum Gasteiger partial charge on any atom is 0.269 e. The highest BCUT2D eigenvalue weighted by molar-refractivity contribution is 5.47. The second-order valence-electron chi connectivity index (χ2n) is 9.95. The fourth-order valence-electron chi connectivity index (χ4n) is 4.64. The van der Waals surface area contributed by atoms with Gasteiger partial charge in [0.2, 0.25) is 0 Å². The van der Waals surface area contributed by atoms with Crippen LogP contribution in [0.5, 0.6) is 17.2 Å². The van der Waals surface area contributed by atoms with Crippen molar-refractivity contribution in [1.82, 2.24) is 0 Å². The summed E-state index contributed by atoms with van der Waals surface area (Å²) in [4.78, 5) is 10.7. The van der Waals surface area contributed by atoms with E-state index < -0.39 is 0 Å². The summed E-state index contributed by atoms with van der Waals surface area (Å²) in [6, 6.07) is 20.9. The van der Waals surface area contributed by atoms with Gasteiger partial charge in [0.15, 0.2) is 0 Å².